The van der Waals surface area contributed by atoms with E-state index < -0.39 is 0 Å². The maximum Gasteiger partial charge on any atom is 0.0352 e. The lowest BCUT2D eigenvalue weighted by Crippen LogP contribution is -2.25. The third kappa shape index (κ3) is 3.03. The number of fused-ring (bicyclic) bond motifs is 1. The lowest BCUT2D eigenvalue weighted by molar-refractivity contribution is 0.397. The van der Waals surface area contributed by atoms with Crippen LogP contribution >= 0.6 is 0 Å². The summed E-state index contributed by atoms with van der Waals surface area (Å²) in [7, 11) is 2.09. The van der Waals surface area contributed by atoms with Gasteiger partial charge in [0.25, 0.3) is 0 Å². The van der Waals surface area contributed by atoms with Crippen LogP contribution in [0.15, 0.2) is 48.5 Å². The number of benzene rings is 2. The fourth-order valence-electron chi connectivity index (χ4n) is 3.68. The molecule has 0 amide bonds. The summed E-state index contributed by atoms with van der Waals surface area (Å²) in [4.78, 5) is 0. The van der Waals surface area contributed by atoms with Crippen LogP contribution < -0.4 is 5.32 Å². The third-order valence-electron chi connectivity index (χ3n) is 4.74. The molecule has 0 bridgehead atoms. The number of rotatable bonds is 5. The Balaban J connectivity index is 1.77. The molecule has 0 aliphatic heterocycles. The average Bonchev–Trinajstić information content (AvgIpc) is 2.93. The quantitative estimate of drug-likeness (QED) is 0.859. The molecular formula is C20H25N. The monoisotopic (exact) mass is 279 g/mol. The van der Waals surface area contributed by atoms with E-state index in [1.54, 1.807) is 0 Å². The molecule has 1 N–H and O–H groups in total. The third-order valence-corrected chi connectivity index (χ3v) is 4.74. The van der Waals surface area contributed by atoms with Crippen molar-refractivity contribution in [3.63, 3.8) is 0 Å². The molecule has 2 aromatic carbocycles. The van der Waals surface area contributed by atoms with E-state index in [1.807, 2.05) is 0 Å². The summed E-state index contributed by atoms with van der Waals surface area (Å²) in [5.41, 5.74) is 5.94. The van der Waals surface area contributed by atoms with Gasteiger partial charge >= 0.3 is 0 Å². The molecule has 1 heteroatoms. The van der Waals surface area contributed by atoms with E-state index in [9.17, 15) is 0 Å². The van der Waals surface area contributed by atoms with Crippen LogP contribution in [0.1, 0.15) is 41.6 Å². The zero-order chi connectivity index (χ0) is 14.7. The summed E-state index contributed by atoms with van der Waals surface area (Å²) in [6, 6.07) is 18.6. The Morgan fingerprint density at radius 3 is 2.14 bits per heavy atom. The van der Waals surface area contributed by atoms with Gasteiger partial charge in [0.05, 0.1) is 0 Å². The minimum absolute atomic E-state index is 0.452. The van der Waals surface area contributed by atoms with Crippen LogP contribution in [0.5, 0.6) is 0 Å². The number of hydrogen-bond acceptors (Lipinski definition) is 1. The largest absolute Gasteiger partial charge is 0.313 e. The van der Waals surface area contributed by atoms with Crippen LogP contribution in [-0.2, 0) is 19.3 Å². The Morgan fingerprint density at radius 1 is 1.00 bits per heavy atom. The van der Waals surface area contributed by atoms with Gasteiger partial charge in [-0.3, -0.25) is 0 Å². The molecule has 1 atom stereocenters. The van der Waals surface area contributed by atoms with Gasteiger partial charge in [-0.1, -0.05) is 61.9 Å². The minimum Gasteiger partial charge on any atom is -0.313 e. The number of hydrogen-bond donors (Lipinski definition) is 1. The number of nitrogens with one attached hydrogen (secondary N) is 1. The molecule has 0 spiro atoms. The van der Waals surface area contributed by atoms with Gasteiger partial charge in [-0.2, -0.15) is 0 Å². The molecule has 21 heavy (non-hydrogen) atoms. The van der Waals surface area contributed by atoms with E-state index >= 15 is 0 Å². The first-order chi connectivity index (χ1) is 10.3. The summed E-state index contributed by atoms with van der Waals surface area (Å²) in [5.74, 6) is 0.671. The van der Waals surface area contributed by atoms with Crippen molar-refractivity contribution in [3.05, 3.63) is 70.8 Å². The molecule has 110 valence electrons. The Bertz CT molecular complexity index is 560. The van der Waals surface area contributed by atoms with Gasteiger partial charge in [-0.05, 0) is 54.5 Å². The SMILES string of the molecule is CCCc1ccc(C(NC)C2Cc3ccccc3C2)cc1. The second-order valence-corrected chi connectivity index (χ2v) is 6.19. The highest BCUT2D eigenvalue weighted by Crippen LogP contribution is 2.35. The van der Waals surface area contributed by atoms with Crippen molar-refractivity contribution in [1.29, 1.82) is 0 Å². The predicted octanol–water partition coefficient (Wildman–Crippen LogP) is 4.31. The van der Waals surface area contributed by atoms with E-state index in [0.717, 1.165) is 0 Å². The lowest BCUT2D eigenvalue weighted by atomic mass is 9.90. The molecule has 0 radical (unpaired) electrons. The summed E-state index contributed by atoms with van der Waals surface area (Å²) >= 11 is 0. The Hall–Kier alpha value is -1.60. The first-order valence-corrected chi connectivity index (χ1v) is 8.14. The van der Waals surface area contributed by atoms with Crippen LogP contribution in [-0.4, -0.2) is 7.05 Å². The molecule has 0 heterocycles. The first-order valence-electron chi connectivity index (χ1n) is 8.14. The van der Waals surface area contributed by atoms with E-state index in [1.165, 1.54) is 47.9 Å². The van der Waals surface area contributed by atoms with Crippen molar-refractivity contribution in [1.82, 2.24) is 5.32 Å². The van der Waals surface area contributed by atoms with Crippen LogP contribution in [0.25, 0.3) is 0 Å². The van der Waals surface area contributed by atoms with E-state index in [-0.39, 0.29) is 0 Å². The van der Waals surface area contributed by atoms with Crippen molar-refractivity contribution in [3.8, 4) is 0 Å². The second-order valence-electron chi connectivity index (χ2n) is 6.19. The molecule has 3 rings (SSSR count). The fourth-order valence-corrected chi connectivity index (χ4v) is 3.68. The maximum absolute atomic E-state index is 3.55. The minimum atomic E-state index is 0.452. The molecule has 1 aliphatic carbocycles. The summed E-state index contributed by atoms with van der Waals surface area (Å²) < 4.78 is 0. The Morgan fingerprint density at radius 2 is 1.62 bits per heavy atom. The summed E-state index contributed by atoms with van der Waals surface area (Å²) in [6.45, 7) is 2.24. The van der Waals surface area contributed by atoms with Crippen LogP contribution in [0.3, 0.4) is 0 Å². The highest BCUT2D eigenvalue weighted by molar-refractivity contribution is 5.34. The van der Waals surface area contributed by atoms with Crippen molar-refractivity contribution in [2.45, 2.75) is 38.6 Å². The zero-order valence-corrected chi connectivity index (χ0v) is 13.1. The van der Waals surface area contributed by atoms with E-state index in [4.69, 9.17) is 0 Å². The van der Waals surface area contributed by atoms with Crippen molar-refractivity contribution >= 4 is 0 Å². The molecule has 0 saturated heterocycles. The van der Waals surface area contributed by atoms with E-state index in [0.29, 0.717) is 12.0 Å². The molecule has 1 aliphatic rings. The van der Waals surface area contributed by atoms with Gasteiger partial charge in [-0.25, -0.2) is 0 Å². The van der Waals surface area contributed by atoms with Crippen LogP contribution in [0.2, 0.25) is 0 Å². The predicted molar refractivity (Wildman–Crippen MR) is 89.6 cm³/mol. The Kier molecular flexibility index (Phi) is 4.40. The molecule has 1 unspecified atom stereocenters. The molecular weight excluding hydrogens is 254 g/mol. The summed E-state index contributed by atoms with van der Waals surface area (Å²) in [5, 5.41) is 3.55. The van der Waals surface area contributed by atoms with Gasteiger partial charge in [0.15, 0.2) is 0 Å². The van der Waals surface area contributed by atoms with Crippen LogP contribution in [0.4, 0.5) is 0 Å². The fraction of sp³-hybridized carbons (Fsp3) is 0.400. The average molecular weight is 279 g/mol. The zero-order valence-electron chi connectivity index (χ0n) is 13.1. The van der Waals surface area contributed by atoms with Crippen molar-refractivity contribution in [2.24, 2.45) is 5.92 Å². The standard InChI is InChI=1S/C20H25N/c1-3-6-15-9-11-16(12-10-15)20(21-2)19-13-17-7-4-5-8-18(17)14-19/h4-5,7-12,19-21H,3,6,13-14H2,1-2H3. The number of aryl methyl sites for hydroxylation is 1. The normalized spacial score (nSPS) is 15.9. The second kappa shape index (κ2) is 6.44. The van der Waals surface area contributed by atoms with Gasteiger partial charge in [0.1, 0.15) is 0 Å². The highest BCUT2D eigenvalue weighted by Gasteiger charge is 2.28. The smallest absolute Gasteiger partial charge is 0.0352 e. The maximum atomic E-state index is 3.55. The highest BCUT2D eigenvalue weighted by atomic mass is 14.9. The van der Waals surface area contributed by atoms with Gasteiger partial charge in [-0.15, -0.1) is 0 Å². The lowest BCUT2D eigenvalue weighted by Gasteiger charge is -2.23. The molecule has 2 aromatic rings. The van der Waals surface area contributed by atoms with Crippen molar-refractivity contribution in [2.75, 3.05) is 7.05 Å². The Labute approximate surface area is 128 Å². The van der Waals surface area contributed by atoms with Crippen LogP contribution in [0, 0.1) is 5.92 Å². The molecule has 0 saturated carbocycles. The molecule has 0 aromatic heterocycles. The topological polar surface area (TPSA) is 12.0 Å². The van der Waals surface area contributed by atoms with Gasteiger partial charge in [0.2, 0.25) is 0 Å². The summed E-state index contributed by atoms with van der Waals surface area (Å²) in [6.07, 6.45) is 4.78. The van der Waals surface area contributed by atoms with Crippen molar-refractivity contribution < 1.29 is 0 Å². The van der Waals surface area contributed by atoms with Gasteiger partial charge < -0.3 is 5.32 Å². The first kappa shape index (κ1) is 14.3. The van der Waals surface area contributed by atoms with Gasteiger partial charge in [0, 0.05) is 6.04 Å². The van der Waals surface area contributed by atoms with E-state index in [2.05, 4.69) is 67.8 Å². The molecule has 0 fully saturated rings. The molecule has 1 nitrogen and oxygen atoms in total.